The van der Waals surface area contributed by atoms with E-state index in [-0.39, 0.29) is 22.9 Å². The summed E-state index contributed by atoms with van der Waals surface area (Å²) >= 11 is 0. The molecule has 3 heteroatoms. The molecule has 4 fully saturated rings. The lowest BCUT2D eigenvalue weighted by Crippen LogP contribution is -2.56. The summed E-state index contributed by atoms with van der Waals surface area (Å²) in [4.78, 5) is 24.9. The number of carbonyl (C=O) groups is 2. The van der Waals surface area contributed by atoms with Crippen molar-refractivity contribution in [1.29, 1.82) is 0 Å². The minimum absolute atomic E-state index is 0.0192. The van der Waals surface area contributed by atoms with Crippen molar-refractivity contribution in [3.8, 4) is 0 Å². The van der Waals surface area contributed by atoms with E-state index >= 15 is 0 Å². The molecule has 1 N–H and O–H groups in total. The van der Waals surface area contributed by atoms with E-state index < -0.39 is 0 Å². The van der Waals surface area contributed by atoms with Crippen LogP contribution in [-0.2, 0) is 9.59 Å². The van der Waals surface area contributed by atoms with E-state index in [1.807, 2.05) is 0 Å². The van der Waals surface area contributed by atoms with Crippen LogP contribution < -0.4 is 0 Å². The molecule has 3 nitrogen and oxygen atoms in total. The van der Waals surface area contributed by atoms with Crippen molar-refractivity contribution in [2.45, 2.75) is 71.3 Å². The molecule has 4 rings (SSSR count). The molecule has 0 aromatic carbocycles. The van der Waals surface area contributed by atoms with Crippen LogP contribution in [0.1, 0.15) is 65.2 Å². The fraction of sp³-hybridized carbons (Fsp3) is 0.895. The van der Waals surface area contributed by atoms with Crippen LogP contribution in [0.25, 0.3) is 0 Å². The zero-order valence-electron chi connectivity index (χ0n) is 13.8. The normalized spacial score (nSPS) is 54.6. The Morgan fingerprint density at radius 2 is 1.95 bits per heavy atom. The lowest BCUT2D eigenvalue weighted by atomic mass is 9.45. The van der Waals surface area contributed by atoms with Gasteiger partial charge in [0, 0.05) is 25.2 Å². The average Bonchev–Trinajstić information content (AvgIpc) is 2.73. The van der Waals surface area contributed by atoms with Gasteiger partial charge in [-0.05, 0) is 60.7 Å². The Labute approximate surface area is 132 Å². The molecule has 0 spiro atoms. The molecule has 0 aromatic heterocycles. The highest BCUT2D eigenvalue weighted by molar-refractivity contribution is 5.85. The van der Waals surface area contributed by atoms with Crippen molar-refractivity contribution in [3.05, 3.63) is 0 Å². The number of aliphatic hydroxyl groups is 1. The fourth-order valence-corrected chi connectivity index (χ4v) is 6.91. The molecule has 0 bridgehead atoms. The van der Waals surface area contributed by atoms with Gasteiger partial charge in [0.2, 0.25) is 0 Å². The molecule has 0 heterocycles. The van der Waals surface area contributed by atoms with Gasteiger partial charge in [-0.1, -0.05) is 13.8 Å². The van der Waals surface area contributed by atoms with Gasteiger partial charge in [-0.15, -0.1) is 0 Å². The van der Waals surface area contributed by atoms with E-state index in [2.05, 4.69) is 13.8 Å². The van der Waals surface area contributed by atoms with Gasteiger partial charge in [0.25, 0.3) is 0 Å². The molecule has 0 unspecified atom stereocenters. The summed E-state index contributed by atoms with van der Waals surface area (Å²) in [6.07, 6.45) is 6.53. The number of hydrogen-bond donors (Lipinski definition) is 1. The van der Waals surface area contributed by atoms with Crippen molar-refractivity contribution in [2.24, 2.45) is 34.5 Å². The van der Waals surface area contributed by atoms with Crippen molar-refractivity contribution in [3.63, 3.8) is 0 Å². The Morgan fingerprint density at radius 1 is 1.18 bits per heavy atom. The second-order valence-electron chi connectivity index (χ2n) is 9.16. The van der Waals surface area contributed by atoms with Crippen LogP contribution in [0.5, 0.6) is 0 Å². The van der Waals surface area contributed by atoms with E-state index in [0.29, 0.717) is 48.6 Å². The Bertz CT molecular complexity index is 527. The van der Waals surface area contributed by atoms with Gasteiger partial charge in [0.15, 0.2) is 0 Å². The second-order valence-corrected chi connectivity index (χ2v) is 9.16. The minimum atomic E-state index is -0.222. The van der Waals surface area contributed by atoms with Crippen molar-refractivity contribution in [2.75, 3.05) is 0 Å². The first-order valence-electron chi connectivity index (χ1n) is 9.06. The quantitative estimate of drug-likeness (QED) is 0.748. The molecular weight excluding hydrogens is 276 g/mol. The molecule has 0 radical (unpaired) electrons. The van der Waals surface area contributed by atoms with Crippen molar-refractivity contribution in [1.82, 2.24) is 0 Å². The molecule has 22 heavy (non-hydrogen) atoms. The van der Waals surface area contributed by atoms with E-state index in [1.54, 1.807) is 0 Å². The predicted octanol–water partition coefficient (Wildman–Crippen LogP) is 3.14. The first kappa shape index (κ1) is 14.9. The molecule has 4 saturated carbocycles. The Hall–Kier alpha value is -0.700. The summed E-state index contributed by atoms with van der Waals surface area (Å²) in [5.41, 5.74) is 0.0497. The summed E-state index contributed by atoms with van der Waals surface area (Å²) in [5, 5.41) is 10.2. The highest BCUT2D eigenvalue weighted by atomic mass is 16.3. The molecule has 0 saturated heterocycles. The number of aliphatic hydroxyl groups excluding tert-OH is 1. The van der Waals surface area contributed by atoms with Crippen molar-refractivity contribution < 1.29 is 14.7 Å². The number of carbonyl (C=O) groups excluding carboxylic acids is 2. The molecule has 4 aliphatic carbocycles. The lowest BCUT2D eigenvalue weighted by molar-refractivity contribution is -0.158. The third kappa shape index (κ3) is 1.90. The van der Waals surface area contributed by atoms with Gasteiger partial charge >= 0.3 is 0 Å². The monoisotopic (exact) mass is 304 g/mol. The largest absolute Gasteiger partial charge is 0.393 e. The minimum Gasteiger partial charge on any atom is -0.393 e. The maximum Gasteiger partial charge on any atom is 0.137 e. The third-order valence-corrected chi connectivity index (χ3v) is 7.90. The van der Waals surface area contributed by atoms with Gasteiger partial charge in [-0.25, -0.2) is 0 Å². The van der Waals surface area contributed by atoms with Crippen LogP contribution >= 0.6 is 0 Å². The number of fused-ring (bicyclic) bond motifs is 5. The molecule has 122 valence electrons. The third-order valence-electron chi connectivity index (χ3n) is 7.90. The zero-order chi connectivity index (χ0) is 15.7. The second kappa shape index (κ2) is 4.66. The number of hydrogen-bond acceptors (Lipinski definition) is 3. The first-order chi connectivity index (χ1) is 10.3. The molecule has 7 atom stereocenters. The number of rotatable bonds is 0. The van der Waals surface area contributed by atoms with Gasteiger partial charge < -0.3 is 5.11 Å². The van der Waals surface area contributed by atoms with Crippen molar-refractivity contribution >= 4 is 11.6 Å². The van der Waals surface area contributed by atoms with E-state index in [0.717, 1.165) is 32.1 Å². The summed E-state index contributed by atoms with van der Waals surface area (Å²) in [6.45, 7) is 4.51. The number of ketones is 2. The first-order valence-corrected chi connectivity index (χ1v) is 9.06. The predicted molar refractivity (Wildman–Crippen MR) is 83.1 cm³/mol. The Kier molecular flexibility index (Phi) is 3.15. The van der Waals surface area contributed by atoms with Gasteiger partial charge in [-0.3, -0.25) is 9.59 Å². The highest BCUT2D eigenvalue weighted by Gasteiger charge is 2.62. The maximum absolute atomic E-state index is 13.1. The van der Waals surface area contributed by atoms with Crippen LogP contribution in [0.2, 0.25) is 0 Å². The topological polar surface area (TPSA) is 54.4 Å². The molecule has 0 aliphatic heterocycles. The van der Waals surface area contributed by atoms with E-state index in [9.17, 15) is 14.7 Å². The van der Waals surface area contributed by atoms with Crippen LogP contribution in [0, 0.1) is 34.5 Å². The Morgan fingerprint density at radius 3 is 2.73 bits per heavy atom. The standard InChI is InChI=1S/C19H28O3/c1-18-9-13(21)8-15(18)14-4-3-11-7-12(20)5-6-19(11,2)17(14)16(22)10-18/h11,13-15,17,21H,3-10H2,1-2H3/t11-,13-,14-,15-,17+,18-,19-/m0/s1. The van der Waals surface area contributed by atoms with Gasteiger partial charge in [0.1, 0.15) is 11.6 Å². The fourth-order valence-electron chi connectivity index (χ4n) is 6.91. The van der Waals surface area contributed by atoms with Crippen LogP contribution in [0.3, 0.4) is 0 Å². The SMILES string of the molecule is C[C@]12CC(=O)[C@H]3[C@@H](CC[C@H]4CC(=O)CC[C@@]43C)[C@@H]1C[C@H](O)C2. The average molecular weight is 304 g/mol. The zero-order valence-corrected chi connectivity index (χ0v) is 13.8. The summed E-state index contributed by atoms with van der Waals surface area (Å²) in [7, 11) is 0. The van der Waals surface area contributed by atoms with Crippen LogP contribution in [0.4, 0.5) is 0 Å². The summed E-state index contributed by atoms with van der Waals surface area (Å²) in [6, 6.07) is 0. The van der Waals surface area contributed by atoms with Gasteiger partial charge in [0.05, 0.1) is 6.10 Å². The summed E-state index contributed by atoms with van der Waals surface area (Å²) < 4.78 is 0. The van der Waals surface area contributed by atoms with E-state index in [1.165, 1.54) is 0 Å². The van der Waals surface area contributed by atoms with Gasteiger partial charge in [-0.2, -0.15) is 0 Å². The molecular formula is C19H28O3. The van der Waals surface area contributed by atoms with Crippen LogP contribution in [0.15, 0.2) is 0 Å². The molecule has 0 aromatic rings. The van der Waals surface area contributed by atoms with Crippen LogP contribution in [-0.4, -0.2) is 22.8 Å². The highest BCUT2D eigenvalue weighted by Crippen LogP contribution is 2.64. The molecule has 0 amide bonds. The maximum atomic E-state index is 13.1. The Balaban J connectivity index is 1.70. The van der Waals surface area contributed by atoms with E-state index in [4.69, 9.17) is 0 Å². The number of Topliss-reactive ketones (excluding diaryl/α,β-unsaturated/α-hetero) is 2. The molecule has 4 aliphatic rings. The smallest absolute Gasteiger partial charge is 0.137 e. The lowest BCUT2D eigenvalue weighted by Gasteiger charge is -2.58. The summed E-state index contributed by atoms with van der Waals surface area (Å²) in [5.74, 6) is 2.32.